The van der Waals surface area contributed by atoms with Crippen LogP contribution in [-0.4, -0.2) is 29.5 Å². The van der Waals surface area contributed by atoms with E-state index in [0.29, 0.717) is 0 Å². The highest BCUT2D eigenvalue weighted by atomic mass is 19.4. The molecule has 0 fully saturated rings. The molecular formula is C10H9F4NO4. The van der Waals surface area contributed by atoms with Crippen molar-refractivity contribution in [1.29, 1.82) is 0 Å². The zero-order valence-electron chi connectivity index (χ0n) is 9.62. The number of carboxylic acids is 1. The average molecular weight is 283 g/mol. The van der Waals surface area contributed by atoms with Crippen LogP contribution >= 0.6 is 0 Å². The quantitative estimate of drug-likeness (QED) is 0.838. The second-order valence-electron chi connectivity index (χ2n) is 3.37. The van der Waals surface area contributed by atoms with Gasteiger partial charge in [0.1, 0.15) is 6.67 Å². The van der Waals surface area contributed by atoms with Crippen LogP contribution < -0.4 is 9.47 Å². The number of aliphatic carboxylic acids is 1. The molecule has 1 rings (SSSR count). The van der Waals surface area contributed by atoms with Crippen LogP contribution in [0.4, 0.5) is 17.6 Å². The molecule has 0 aromatic carbocycles. The van der Waals surface area contributed by atoms with Crippen molar-refractivity contribution in [2.45, 2.75) is 19.5 Å². The fourth-order valence-corrected chi connectivity index (χ4v) is 1.33. The molecule has 106 valence electrons. The van der Waals surface area contributed by atoms with E-state index in [2.05, 4.69) is 14.5 Å². The van der Waals surface area contributed by atoms with Crippen LogP contribution in [0, 0.1) is 0 Å². The van der Waals surface area contributed by atoms with Gasteiger partial charge >= 0.3 is 12.3 Å². The number of alkyl halides is 4. The number of ether oxygens (including phenoxy) is 2. The van der Waals surface area contributed by atoms with Gasteiger partial charge in [-0.05, 0) is 6.07 Å². The SMILES string of the molecule is COc1nc(OC(F)(F)F)c(CC(=O)O)cc1CF. The van der Waals surface area contributed by atoms with Gasteiger partial charge in [-0.1, -0.05) is 0 Å². The summed E-state index contributed by atoms with van der Waals surface area (Å²) in [6.45, 7) is -1.06. The summed E-state index contributed by atoms with van der Waals surface area (Å²) in [6.07, 6.45) is -5.82. The lowest BCUT2D eigenvalue weighted by Gasteiger charge is -2.14. The summed E-state index contributed by atoms with van der Waals surface area (Å²) in [5.74, 6) is -2.76. The van der Waals surface area contributed by atoms with Crippen LogP contribution in [0.2, 0.25) is 0 Å². The Morgan fingerprint density at radius 2 is 2.00 bits per heavy atom. The molecule has 0 atom stereocenters. The highest BCUT2D eigenvalue weighted by Crippen LogP contribution is 2.30. The minimum atomic E-state index is -5.04. The predicted molar refractivity (Wildman–Crippen MR) is 53.6 cm³/mol. The molecule has 5 nitrogen and oxygen atoms in total. The molecule has 19 heavy (non-hydrogen) atoms. The van der Waals surface area contributed by atoms with Gasteiger partial charge in [-0.15, -0.1) is 13.2 Å². The first-order valence-corrected chi connectivity index (χ1v) is 4.87. The van der Waals surface area contributed by atoms with Crippen molar-refractivity contribution in [3.63, 3.8) is 0 Å². The van der Waals surface area contributed by atoms with Crippen molar-refractivity contribution in [2.24, 2.45) is 0 Å². The average Bonchev–Trinajstić information content (AvgIpc) is 2.28. The number of rotatable bonds is 5. The lowest BCUT2D eigenvalue weighted by atomic mass is 10.1. The fourth-order valence-electron chi connectivity index (χ4n) is 1.33. The van der Waals surface area contributed by atoms with E-state index in [1.54, 1.807) is 0 Å². The van der Waals surface area contributed by atoms with Crippen LogP contribution in [0.25, 0.3) is 0 Å². The van der Waals surface area contributed by atoms with E-state index in [1.165, 1.54) is 0 Å². The number of hydrogen-bond acceptors (Lipinski definition) is 4. The molecule has 0 spiro atoms. The topological polar surface area (TPSA) is 68.7 Å². The van der Waals surface area contributed by atoms with E-state index in [9.17, 15) is 22.4 Å². The zero-order valence-corrected chi connectivity index (χ0v) is 9.62. The number of carboxylic acid groups (broad SMARTS) is 1. The summed E-state index contributed by atoms with van der Waals surface area (Å²) in [6, 6.07) is 0.918. The molecule has 0 amide bonds. The Labute approximate surface area is 104 Å². The first kappa shape index (κ1) is 15.0. The van der Waals surface area contributed by atoms with Crippen molar-refractivity contribution in [3.05, 3.63) is 17.2 Å². The van der Waals surface area contributed by atoms with Gasteiger partial charge in [0, 0.05) is 11.1 Å². The molecule has 0 aliphatic carbocycles. The summed E-state index contributed by atoms with van der Waals surface area (Å²) >= 11 is 0. The van der Waals surface area contributed by atoms with Gasteiger partial charge in [-0.2, -0.15) is 4.98 Å². The smallest absolute Gasteiger partial charge is 0.481 e. The molecule has 0 unspecified atom stereocenters. The number of aromatic nitrogens is 1. The minimum Gasteiger partial charge on any atom is -0.481 e. The van der Waals surface area contributed by atoms with E-state index in [-0.39, 0.29) is 5.56 Å². The highest BCUT2D eigenvalue weighted by molar-refractivity contribution is 5.71. The number of carbonyl (C=O) groups is 1. The second kappa shape index (κ2) is 5.72. The van der Waals surface area contributed by atoms with Gasteiger partial charge in [-0.3, -0.25) is 4.79 Å². The molecule has 1 heterocycles. The van der Waals surface area contributed by atoms with E-state index in [0.717, 1.165) is 13.2 Å². The second-order valence-corrected chi connectivity index (χ2v) is 3.37. The normalized spacial score (nSPS) is 11.2. The predicted octanol–water partition coefficient (Wildman–Crippen LogP) is 2.09. The summed E-state index contributed by atoms with van der Waals surface area (Å²) in [4.78, 5) is 13.9. The molecule has 1 N–H and O–H groups in total. The largest absolute Gasteiger partial charge is 0.574 e. The first-order valence-electron chi connectivity index (χ1n) is 4.87. The van der Waals surface area contributed by atoms with E-state index in [1.807, 2.05) is 0 Å². The molecule has 0 aliphatic rings. The van der Waals surface area contributed by atoms with Crippen molar-refractivity contribution in [1.82, 2.24) is 4.98 Å². The lowest BCUT2D eigenvalue weighted by molar-refractivity contribution is -0.276. The monoisotopic (exact) mass is 283 g/mol. The highest BCUT2D eigenvalue weighted by Gasteiger charge is 2.33. The maximum atomic E-state index is 12.6. The van der Waals surface area contributed by atoms with Crippen molar-refractivity contribution >= 4 is 5.97 Å². The van der Waals surface area contributed by atoms with Gasteiger partial charge in [-0.25, -0.2) is 4.39 Å². The number of methoxy groups -OCH3 is 1. The Balaban J connectivity index is 3.27. The standard InChI is InChI=1S/C10H9F4NO4/c1-18-8-6(4-11)2-5(3-7(16)17)9(15-8)19-10(12,13)14/h2H,3-4H2,1H3,(H,16,17). The zero-order chi connectivity index (χ0) is 14.6. The van der Waals surface area contributed by atoms with Crippen LogP contribution in [0.1, 0.15) is 11.1 Å². The molecule has 1 aromatic heterocycles. The Hall–Kier alpha value is -2.06. The Kier molecular flexibility index (Phi) is 4.52. The molecule has 9 heteroatoms. The van der Waals surface area contributed by atoms with Gasteiger partial charge < -0.3 is 14.6 Å². The van der Waals surface area contributed by atoms with E-state index >= 15 is 0 Å². The maximum absolute atomic E-state index is 12.6. The first-order chi connectivity index (χ1) is 8.76. The van der Waals surface area contributed by atoms with E-state index < -0.39 is 42.8 Å². The summed E-state index contributed by atoms with van der Waals surface area (Å²) in [5, 5.41) is 8.59. The molecule has 0 radical (unpaired) electrons. The van der Waals surface area contributed by atoms with Crippen molar-refractivity contribution < 1.29 is 36.9 Å². The van der Waals surface area contributed by atoms with Crippen molar-refractivity contribution in [3.8, 4) is 11.8 Å². The van der Waals surface area contributed by atoms with Crippen LogP contribution in [-0.2, 0) is 17.9 Å². The fraction of sp³-hybridized carbons (Fsp3) is 0.400. The number of hydrogen-bond donors (Lipinski definition) is 1. The van der Waals surface area contributed by atoms with Gasteiger partial charge in [0.05, 0.1) is 13.5 Å². The summed E-state index contributed by atoms with van der Waals surface area (Å²) in [7, 11) is 1.09. The maximum Gasteiger partial charge on any atom is 0.574 e. The number of nitrogens with zero attached hydrogens (tertiary/aromatic N) is 1. The Morgan fingerprint density at radius 3 is 2.42 bits per heavy atom. The minimum absolute atomic E-state index is 0.159. The van der Waals surface area contributed by atoms with Crippen molar-refractivity contribution in [2.75, 3.05) is 7.11 Å². The summed E-state index contributed by atoms with van der Waals surface area (Å²) < 4.78 is 57.3. The third kappa shape index (κ3) is 4.27. The van der Waals surface area contributed by atoms with Crippen LogP contribution in [0.3, 0.4) is 0 Å². The number of pyridine rings is 1. The number of halogens is 4. The Bertz CT molecular complexity index is 475. The lowest BCUT2D eigenvalue weighted by Crippen LogP contribution is -2.20. The molecule has 0 bridgehead atoms. The van der Waals surface area contributed by atoms with Gasteiger partial charge in [0.2, 0.25) is 11.8 Å². The molecule has 0 aliphatic heterocycles. The Morgan fingerprint density at radius 1 is 1.37 bits per heavy atom. The third-order valence-electron chi connectivity index (χ3n) is 1.99. The van der Waals surface area contributed by atoms with Crippen LogP contribution in [0.15, 0.2) is 6.07 Å². The molecule has 0 saturated heterocycles. The molecule has 0 saturated carbocycles. The summed E-state index contributed by atoms with van der Waals surface area (Å²) in [5.41, 5.74) is -0.549. The van der Waals surface area contributed by atoms with Crippen LogP contribution in [0.5, 0.6) is 11.8 Å². The van der Waals surface area contributed by atoms with Gasteiger partial charge in [0.15, 0.2) is 0 Å². The molecule has 1 aromatic rings. The van der Waals surface area contributed by atoms with E-state index in [4.69, 9.17) is 5.11 Å². The molecular weight excluding hydrogens is 274 g/mol. The van der Waals surface area contributed by atoms with Gasteiger partial charge in [0.25, 0.3) is 0 Å². The third-order valence-corrected chi connectivity index (χ3v) is 1.99.